The van der Waals surface area contributed by atoms with E-state index in [1.54, 1.807) is 44.3 Å². The van der Waals surface area contributed by atoms with Gasteiger partial charge in [0.2, 0.25) is 17.7 Å². The van der Waals surface area contributed by atoms with Crippen LogP contribution in [-0.2, 0) is 36.8 Å². The zero-order valence-corrected chi connectivity index (χ0v) is 22.8. The van der Waals surface area contributed by atoms with Gasteiger partial charge in [-0.05, 0) is 29.5 Å². The number of carbonyl (C=O) groups excluding carboxylic acids is 3. The van der Waals surface area contributed by atoms with Crippen LogP contribution in [0.4, 0.5) is 0 Å². The molecular weight excluding hydrogens is 530 g/mol. The molecule has 12 nitrogen and oxygen atoms in total. The largest absolute Gasteiger partial charge is 0.481 e. The lowest BCUT2D eigenvalue weighted by Crippen LogP contribution is -2.59. The molecule has 0 spiro atoms. The highest BCUT2D eigenvalue weighted by Crippen LogP contribution is 2.19. The molecule has 2 aromatic carbocycles. The van der Waals surface area contributed by atoms with Gasteiger partial charge in [0.1, 0.15) is 18.1 Å². The molecule has 0 aliphatic rings. The van der Waals surface area contributed by atoms with E-state index in [2.05, 4.69) is 20.9 Å². The van der Waals surface area contributed by atoms with Gasteiger partial charge in [-0.15, -0.1) is 0 Å². The van der Waals surface area contributed by atoms with Gasteiger partial charge in [0.15, 0.2) is 0 Å². The number of benzene rings is 2. The monoisotopic (exact) mass is 565 g/mol. The number of H-pyrrole nitrogens is 1. The standard InChI is InChI=1S/C29H35N5O7/c1-16(2)25(28(39)33-23(29(40)41)13-18-15-31-21-11-7-6-10-19(18)21)34-27(38)22(14-24(35)36)32-26(37)20(30)12-17-8-4-3-5-9-17/h3-11,15-16,20,22-23,25,31H,12-14,30H2,1-2H3,(H,32,37)(H,33,39)(H,34,38)(H,35,36)(H,40,41). The Morgan fingerprint density at radius 3 is 2.07 bits per heavy atom. The lowest BCUT2D eigenvalue weighted by Gasteiger charge is -2.26. The molecule has 1 heterocycles. The summed E-state index contributed by atoms with van der Waals surface area (Å²) in [6.07, 6.45) is 1.08. The molecule has 4 unspecified atom stereocenters. The van der Waals surface area contributed by atoms with Crippen LogP contribution in [0.2, 0.25) is 0 Å². The Balaban J connectivity index is 1.69. The quantitative estimate of drug-likeness (QED) is 0.150. The van der Waals surface area contributed by atoms with Crippen LogP contribution in [0.15, 0.2) is 60.8 Å². The van der Waals surface area contributed by atoms with Crippen LogP contribution >= 0.6 is 0 Å². The highest BCUT2D eigenvalue weighted by Gasteiger charge is 2.33. The fourth-order valence-electron chi connectivity index (χ4n) is 4.39. The van der Waals surface area contributed by atoms with Gasteiger partial charge in [0.25, 0.3) is 0 Å². The average molecular weight is 566 g/mol. The first-order valence-electron chi connectivity index (χ1n) is 13.2. The van der Waals surface area contributed by atoms with E-state index in [9.17, 15) is 34.2 Å². The van der Waals surface area contributed by atoms with Gasteiger partial charge in [-0.25, -0.2) is 4.79 Å². The summed E-state index contributed by atoms with van der Waals surface area (Å²) in [6.45, 7) is 3.28. The van der Waals surface area contributed by atoms with Crippen LogP contribution in [-0.4, -0.2) is 69.0 Å². The molecule has 3 aromatic rings. The third kappa shape index (κ3) is 8.64. The number of nitrogens with one attached hydrogen (secondary N) is 4. The summed E-state index contributed by atoms with van der Waals surface area (Å²) in [4.78, 5) is 65.5. The molecule has 4 atom stereocenters. The van der Waals surface area contributed by atoms with E-state index in [4.69, 9.17) is 5.73 Å². The zero-order valence-electron chi connectivity index (χ0n) is 22.8. The van der Waals surface area contributed by atoms with E-state index in [1.165, 1.54) is 0 Å². The fraction of sp³-hybridized carbons (Fsp3) is 0.345. The first kappa shape index (κ1) is 30.8. The second kappa shape index (κ2) is 14.1. The van der Waals surface area contributed by atoms with Gasteiger partial charge in [-0.2, -0.15) is 0 Å². The number of hydrogen-bond acceptors (Lipinski definition) is 6. The van der Waals surface area contributed by atoms with Crippen molar-refractivity contribution in [3.63, 3.8) is 0 Å². The summed E-state index contributed by atoms with van der Waals surface area (Å²) in [5.41, 5.74) is 8.28. The van der Waals surface area contributed by atoms with E-state index >= 15 is 0 Å². The Hall–Kier alpha value is -4.71. The minimum Gasteiger partial charge on any atom is -0.481 e. The molecule has 41 heavy (non-hydrogen) atoms. The maximum Gasteiger partial charge on any atom is 0.326 e. The summed E-state index contributed by atoms with van der Waals surface area (Å²) in [7, 11) is 0. The molecule has 218 valence electrons. The summed E-state index contributed by atoms with van der Waals surface area (Å²) in [6, 6.07) is 11.2. The second-order valence-electron chi connectivity index (χ2n) is 10.1. The molecule has 0 aliphatic heterocycles. The molecule has 8 N–H and O–H groups in total. The fourth-order valence-corrected chi connectivity index (χ4v) is 4.39. The Labute approximate surface area is 236 Å². The highest BCUT2D eigenvalue weighted by atomic mass is 16.4. The summed E-state index contributed by atoms with van der Waals surface area (Å²) in [5, 5.41) is 27.3. The summed E-state index contributed by atoms with van der Waals surface area (Å²) < 4.78 is 0. The maximum absolute atomic E-state index is 13.2. The van der Waals surface area contributed by atoms with Crippen LogP contribution < -0.4 is 21.7 Å². The minimum absolute atomic E-state index is 0.0130. The van der Waals surface area contributed by atoms with Crippen LogP contribution in [0.5, 0.6) is 0 Å². The molecule has 0 fully saturated rings. The Bertz CT molecular complexity index is 1390. The van der Waals surface area contributed by atoms with Gasteiger partial charge >= 0.3 is 11.9 Å². The average Bonchev–Trinajstić information content (AvgIpc) is 3.33. The molecule has 0 saturated heterocycles. The van der Waals surface area contributed by atoms with E-state index < -0.39 is 66.2 Å². The molecule has 3 rings (SSSR count). The smallest absolute Gasteiger partial charge is 0.326 e. The molecular formula is C29H35N5O7. The number of nitrogens with two attached hydrogens (primary N) is 1. The maximum atomic E-state index is 13.2. The molecule has 0 saturated carbocycles. The van der Waals surface area contributed by atoms with Crippen LogP contribution in [0.1, 0.15) is 31.4 Å². The number of aromatic nitrogens is 1. The van der Waals surface area contributed by atoms with Crippen LogP contribution in [0.3, 0.4) is 0 Å². The van der Waals surface area contributed by atoms with Gasteiger partial charge in [-0.1, -0.05) is 62.4 Å². The Kier molecular flexibility index (Phi) is 10.6. The highest BCUT2D eigenvalue weighted by molar-refractivity contribution is 5.96. The zero-order chi connectivity index (χ0) is 30.1. The van der Waals surface area contributed by atoms with E-state index in [0.29, 0.717) is 5.56 Å². The van der Waals surface area contributed by atoms with Crippen molar-refractivity contribution in [3.8, 4) is 0 Å². The number of carboxylic acids is 2. The van der Waals surface area contributed by atoms with E-state index in [0.717, 1.165) is 16.5 Å². The summed E-state index contributed by atoms with van der Waals surface area (Å²) in [5.74, 6) is -5.52. The van der Waals surface area contributed by atoms with Crippen molar-refractivity contribution in [1.29, 1.82) is 0 Å². The van der Waals surface area contributed by atoms with Gasteiger partial charge in [0, 0.05) is 23.5 Å². The van der Waals surface area contributed by atoms with Crippen LogP contribution in [0.25, 0.3) is 10.9 Å². The van der Waals surface area contributed by atoms with Gasteiger partial charge in [-0.3, -0.25) is 19.2 Å². The molecule has 1 aromatic heterocycles. The van der Waals surface area contributed by atoms with Crippen molar-refractivity contribution in [3.05, 3.63) is 71.9 Å². The minimum atomic E-state index is -1.52. The number of fused-ring (bicyclic) bond motifs is 1. The molecule has 3 amide bonds. The number of aliphatic carboxylic acids is 2. The van der Waals surface area contributed by atoms with Crippen molar-refractivity contribution < 1.29 is 34.2 Å². The molecule has 0 bridgehead atoms. The number of para-hydroxylation sites is 1. The number of rotatable bonds is 14. The lowest BCUT2D eigenvalue weighted by molar-refractivity contribution is -0.143. The predicted molar refractivity (Wildman–Crippen MR) is 151 cm³/mol. The molecule has 12 heteroatoms. The van der Waals surface area contributed by atoms with Crippen molar-refractivity contribution in [2.75, 3.05) is 0 Å². The van der Waals surface area contributed by atoms with Crippen molar-refractivity contribution >= 4 is 40.6 Å². The van der Waals surface area contributed by atoms with Crippen molar-refractivity contribution in [2.24, 2.45) is 11.7 Å². The summed E-state index contributed by atoms with van der Waals surface area (Å²) >= 11 is 0. The number of amides is 3. The third-order valence-electron chi connectivity index (χ3n) is 6.61. The predicted octanol–water partition coefficient (Wildman–Crippen LogP) is 0.950. The topological polar surface area (TPSA) is 204 Å². The lowest BCUT2D eigenvalue weighted by atomic mass is 10.00. The SMILES string of the molecule is CC(C)C(NC(=O)C(CC(=O)O)NC(=O)C(N)Cc1ccccc1)C(=O)NC(Cc1c[nH]c2ccccc12)C(=O)O. The molecule has 0 radical (unpaired) electrons. The first-order valence-corrected chi connectivity index (χ1v) is 13.2. The van der Waals surface area contributed by atoms with Gasteiger partial charge < -0.3 is 36.9 Å². The normalized spacial score (nSPS) is 14.0. The van der Waals surface area contributed by atoms with E-state index in [-0.39, 0.29) is 12.8 Å². The number of carbonyl (C=O) groups is 5. The Morgan fingerprint density at radius 2 is 1.44 bits per heavy atom. The second-order valence-corrected chi connectivity index (χ2v) is 10.1. The van der Waals surface area contributed by atoms with Crippen molar-refractivity contribution in [2.45, 2.75) is 57.3 Å². The first-order chi connectivity index (χ1) is 19.5. The number of carboxylic acid groups (broad SMARTS) is 2. The van der Waals surface area contributed by atoms with E-state index in [1.807, 2.05) is 30.3 Å². The number of aromatic amines is 1. The van der Waals surface area contributed by atoms with Gasteiger partial charge in [0.05, 0.1) is 12.5 Å². The number of hydrogen-bond donors (Lipinski definition) is 7. The van der Waals surface area contributed by atoms with Crippen LogP contribution in [0, 0.1) is 5.92 Å². The third-order valence-corrected chi connectivity index (χ3v) is 6.61. The molecule has 0 aliphatic carbocycles. The van der Waals surface area contributed by atoms with Crippen molar-refractivity contribution in [1.82, 2.24) is 20.9 Å². The Morgan fingerprint density at radius 1 is 0.805 bits per heavy atom.